The number of amides is 2. The molecule has 0 bridgehead atoms. The number of nitrogens with zero attached hydrogens (tertiary/aromatic N) is 2. The van der Waals surface area contributed by atoms with Crippen LogP contribution in [0.2, 0.25) is 0 Å². The van der Waals surface area contributed by atoms with Crippen LogP contribution >= 0.6 is 0 Å². The molecule has 58 heavy (non-hydrogen) atoms. The van der Waals surface area contributed by atoms with Gasteiger partial charge in [-0.25, -0.2) is 8.42 Å². The molecule has 0 aliphatic rings. The van der Waals surface area contributed by atoms with Crippen molar-refractivity contribution in [3.63, 3.8) is 0 Å². The van der Waals surface area contributed by atoms with Gasteiger partial charge in [-0.05, 0) is 78.1 Å². The predicted molar refractivity (Wildman–Crippen MR) is 242 cm³/mol. The van der Waals surface area contributed by atoms with E-state index in [-0.39, 0.29) is 18.4 Å². The van der Waals surface area contributed by atoms with Crippen LogP contribution in [-0.2, 0) is 24.2 Å². The second-order valence-corrected chi connectivity index (χ2v) is 17.0. The Kier molecular flexibility index (Phi) is 44.2. The second kappa shape index (κ2) is 44.3. The quantitative estimate of drug-likeness (QED) is 0.0205. The van der Waals surface area contributed by atoms with E-state index in [2.05, 4.69) is 66.0 Å². The Hall–Kier alpha value is -2.26. The summed E-state index contributed by atoms with van der Waals surface area (Å²) in [6.45, 7) is 12.5. The molecule has 2 N–H and O–H groups in total. The number of hydrogen-bond donors (Lipinski definition) is 2. The van der Waals surface area contributed by atoms with Gasteiger partial charge in [0.25, 0.3) is 0 Å². The van der Waals surface area contributed by atoms with Gasteiger partial charge in [0.2, 0.25) is 22.2 Å². The third kappa shape index (κ3) is 44.8. The van der Waals surface area contributed by atoms with Crippen molar-refractivity contribution in [1.29, 1.82) is 5.26 Å². The molecule has 0 aromatic rings. The molecule has 0 heterocycles. The van der Waals surface area contributed by atoms with Gasteiger partial charge in [0.15, 0.2) is 0 Å². The predicted octanol–water partition coefficient (Wildman–Crippen LogP) is 11.5. The highest BCUT2D eigenvalue weighted by atomic mass is 32.3. The standard InChI is InChI=1S/C45H84N4O2.C2H6O4S/c1-4-7-9-11-13-15-17-19-21-23-25-27-29-31-33-36-44(50)47-39-42-49(6-3,41-35-38-46)43-40-48-45(51)37-34-32-30-28-26-24-22-20-18-16-14-12-10-8-5-2;1-2-6-7(3,4)5/h19-22H,4-18,23-37,39-43H2,1-3H3,(H-,47,48,50,51);2H2,1H3,(H,3,4,5)/b21-19-,22-20-;. The number of nitriles is 1. The summed E-state index contributed by atoms with van der Waals surface area (Å²) in [7, 11) is -4.42. The van der Waals surface area contributed by atoms with E-state index in [9.17, 15) is 27.8 Å². The van der Waals surface area contributed by atoms with Crippen LogP contribution in [0.5, 0.6) is 0 Å². The number of hydrogen-bond acceptors (Lipinski definition) is 7. The molecule has 0 aliphatic heterocycles. The molecule has 340 valence electrons. The SMILES string of the molecule is CCCCCCCC/C=C\CCCCCCCC(=O)NCC[N+](CC)(CCC#N)CCNC(=O)CCCCCCC/C=C\CCCCCCCC.CCOS(=O)(=O)[O-]. The third-order valence-electron chi connectivity index (χ3n) is 10.8. The van der Waals surface area contributed by atoms with Crippen molar-refractivity contribution in [2.24, 2.45) is 0 Å². The van der Waals surface area contributed by atoms with Crippen molar-refractivity contribution < 1.29 is 31.2 Å². The summed E-state index contributed by atoms with van der Waals surface area (Å²) in [5, 5.41) is 15.5. The Balaban J connectivity index is 0. The zero-order valence-corrected chi connectivity index (χ0v) is 38.8. The topological polar surface area (TPSA) is 148 Å². The molecular weight excluding hydrogens is 749 g/mol. The zero-order chi connectivity index (χ0) is 43.3. The fourth-order valence-corrected chi connectivity index (χ4v) is 7.28. The average molecular weight is 839 g/mol. The van der Waals surface area contributed by atoms with Crippen LogP contribution in [0.1, 0.15) is 214 Å². The lowest BCUT2D eigenvalue weighted by Gasteiger charge is -2.37. The van der Waals surface area contributed by atoms with Crippen molar-refractivity contribution in [3.8, 4) is 6.07 Å². The highest BCUT2D eigenvalue weighted by molar-refractivity contribution is 7.80. The monoisotopic (exact) mass is 839 g/mol. The van der Waals surface area contributed by atoms with Crippen molar-refractivity contribution in [2.75, 3.05) is 45.9 Å². The summed E-state index contributed by atoms with van der Waals surface area (Å²) in [5.41, 5.74) is 0. The lowest BCUT2D eigenvalue weighted by Crippen LogP contribution is -2.55. The molecule has 0 rings (SSSR count). The number of nitrogens with one attached hydrogen (secondary N) is 2. The number of carbonyl (C=O) groups is 2. The van der Waals surface area contributed by atoms with Crippen molar-refractivity contribution in [3.05, 3.63) is 24.3 Å². The summed E-state index contributed by atoms with van der Waals surface area (Å²) in [4.78, 5) is 25.0. The minimum absolute atomic E-state index is 0.0914. The van der Waals surface area contributed by atoms with E-state index in [0.717, 1.165) is 56.3 Å². The van der Waals surface area contributed by atoms with Crippen LogP contribution in [0, 0.1) is 11.3 Å². The van der Waals surface area contributed by atoms with Crippen LogP contribution < -0.4 is 10.6 Å². The lowest BCUT2D eigenvalue weighted by atomic mass is 10.1. The van der Waals surface area contributed by atoms with Crippen LogP contribution in [0.25, 0.3) is 0 Å². The molecule has 0 saturated carbocycles. The summed E-state index contributed by atoms with van der Waals surface area (Å²) in [6, 6.07) is 2.30. The van der Waals surface area contributed by atoms with Gasteiger partial charge in [0, 0.05) is 12.8 Å². The summed E-state index contributed by atoms with van der Waals surface area (Å²) in [5.74, 6) is 0.269. The smallest absolute Gasteiger partial charge is 0.220 e. The molecular formula is C47H90N4O6S. The number of quaternary nitrogens is 1. The summed E-state index contributed by atoms with van der Waals surface area (Å²) >= 11 is 0. The first-order chi connectivity index (χ1) is 28.1. The maximum absolute atomic E-state index is 12.5. The van der Waals surface area contributed by atoms with Crippen LogP contribution in [-0.4, -0.2) is 75.1 Å². The van der Waals surface area contributed by atoms with Gasteiger partial charge in [-0.1, -0.05) is 141 Å². The van der Waals surface area contributed by atoms with E-state index in [0.29, 0.717) is 32.4 Å². The number of allylic oxidation sites excluding steroid dienone is 4. The highest BCUT2D eigenvalue weighted by Gasteiger charge is 2.25. The molecule has 0 aromatic carbocycles. The van der Waals surface area contributed by atoms with Crippen molar-refractivity contribution in [2.45, 2.75) is 214 Å². The molecule has 0 radical (unpaired) electrons. The number of likely N-dealkylation sites (N-methyl/N-ethyl adjacent to an activating group) is 1. The van der Waals surface area contributed by atoms with Gasteiger partial charge >= 0.3 is 0 Å². The molecule has 0 aliphatic carbocycles. The normalized spacial score (nSPS) is 11.8. The molecule has 11 heteroatoms. The van der Waals surface area contributed by atoms with Gasteiger partial charge in [-0.15, -0.1) is 0 Å². The van der Waals surface area contributed by atoms with E-state index in [1.54, 1.807) is 0 Å². The van der Waals surface area contributed by atoms with Gasteiger partial charge < -0.3 is 19.7 Å². The number of rotatable bonds is 41. The number of unbranched alkanes of at least 4 members (excludes halogenated alkanes) is 22. The highest BCUT2D eigenvalue weighted by Crippen LogP contribution is 2.12. The maximum Gasteiger partial charge on any atom is 0.220 e. The van der Waals surface area contributed by atoms with E-state index < -0.39 is 10.4 Å². The second-order valence-electron chi connectivity index (χ2n) is 15.9. The van der Waals surface area contributed by atoms with Gasteiger partial charge in [-0.3, -0.25) is 13.8 Å². The molecule has 0 unspecified atom stereocenters. The van der Waals surface area contributed by atoms with Crippen molar-refractivity contribution >= 4 is 22.2 Å². The fraction of sp³-hybridized carbons (Fsp3) is 0.851. The number of carbonyl (C=O) groups excluding carboxylic acids is 2. The molecule has 0 fully saturated rings. The minimum atomic E-state index is -4.42. The van der Waals surface area contributed by atoms with Gasteiger partial charge in [0.1, 0.15) is 0 Å². The maximum atomic E-state index is 12.5. The first-order valence-electron chi connectivity index (χ1n) is 23.7. The molecule has 0 saturated heterocycles. The first-order valence-corrected chi connectivity index (χ1v) is 25.1. The molecule has 10 nitrogen and oxygen atoms in total. The van der Waals surface area contributed by atoms with E-state index in [1.165, 1.54) is 148 Å². The fourth-order valence-electron chi connectivity index (χ4n) is 7.00. The zero-order valence-electron chi connectivity index (χ0n) is 38.0. The van der Waals surface area contributed by atoms with E-state index >= 15 is 0 Å². The lowest BCUT2D eigenvalue weighted by molar-refractivity contribution is -0.923. The van der Waals surface area contributed by atoms with E-state index in [1.807, 2.05) is 0 Å². The Morgan fingerprint density at radius 1 is 0.569 bits per heavy atom. The Labute approximate surface area is 358 Å². The minimum Gasteiger partial charge on any atom is -0.726 e. The van der Waals surface area contributed by atoms with Crippen LogP contribution in [0.4, 0.5) is 0 Å². The molecule has 2 amide bonds. The first kappa shape index (κ1) is 57.8. The van der Waals surface area contributed by atoms with Crippen LogP contribution in [0.15, 0.2) is 24.3 Å². The molecule has 0 spiro atoms. The van der Waals surface area contributed by atoms with Crippen LogP contribution in [0.3, 0.4) is 0 Å². The molecule has 0 aromatic heterocycles. The molecule has 0 atom stereocenters. The summed E-state index contributed by atoms with van der Waals surface area (Å²) in [6.07, 6.45) is 43.8. The van der Waals surface area contributed by atoms with Gasteiger partial charge in [0.05, 0.1) is 58.4 Å². The van der Waals surface area contributed by atoms with Gasteiger partial charge in [-0.2, -0.15) is 5.26 Å². The Morgan fingerprint density at radius 2 is 0.914 bits per heavy atom. The Bertz CT molecular complexity index is 1080. The van der Waals surface area contributed by atoms with Crippen molar-refractivity contribution in [1.82, 2.24) is 10.6 Å². The summed E-state index contributed by atoms with van der Waals surface area (Å²) < 4.78 is 32.8. The van der Waals surface area contributed by atoms with E-state index in [4.69, 9.17) is 0 Å². The Morgan fingerprint density at radius 3 is 1.21 bits per heavy atom. The third-order valence-corrected chi connectivity index (χ3v) is 11.3. The average Bonchev–Trinajstić information content (AvgIpc) is 3.19. The largest absolute Gasteiger partial charge is 0.726 e.